The summed E-state index contributed by atoms with van der Waals surface area (Å²) in [5.74, 6) is 0.810. The Labute approximate surface area is 128 Å². The SMILES string of the molecule is CC(=O)N1CCCC(Cc2nc(-c3ccccc3F)no2)C1. The molecule has 1 fully saturated rings. The van der Waals surface area contributed by atoms with E-state index in [1.165, 1.54) is 6.07 Å². The number of benzene rings is 1. The Bertz CT molecular complexity index is 671. The van der Waals surface area contributed by atoms with Crippen LogP contribution >= 0.6 is 0 Å². The van der Waals surface area contributed by atoms with E-state index >= 15 is 0 Å². The van der Waals surface area contributed by atoms with E-state index in [2.05, 4.69) is 10.1 Å². The van der Waals surface area contributed by atoms with Crippen LogP contribution in [0.1, 0.15) is 25.7 Å². The Morgan fingerprint density at radius 2 is 2.27 bits per heavy atom. The Morgan fingerprint density at radius 3 is 3.05 bits per heavy atom. The van der Waals surface area contributed by atoms with Gasteiger partial charge in [0.2, 0.25) is 17.6 Å². The lowest BCUT2D eigenvalue weighted by Gasteiger charge is -2.31. The lowest BCUT2D eigenvalue weighted by Crippen LogP contribution is -2.39. The Balaban J connectivity index is 1.70. The molecule has 1 aliphatic heterocycles. The first-order valence-corrected chi connectivity index (χ1v) is 7.46. The summed E-state index contributed by atoms with van der Waals surface area (Å²) in [6.45, 7) is 3.12. The fraction of sp³-hybridized carbons (Fsp3) is 0.438. The average molecular weight is 303 g/mol. The van der Waals surface area contributed by atoms with Crippen LogP contribution in [0.2, 0.25) is 0 Å². The number of likely N-dealkylation sites (tertiary alicyclic amines) is 1. The molecule has 1 amide bonds. The van der Waals surface area contributed by atoms with Crippen molar-refractivity contribution < 1.29 is 13.7 Å². The van der Waals surface area contributed by atoms with Gasteiger partial charge in [0, 0.05) is 26.4 Å². The maximum atomic E-state index is 13.7. The summed E-state index contributed by atoms with van der Waals surface area (Å²) in [6.07, 6.45) is 2.63. The van der Waals surface area contributed by atoms with Crippen LogP contribution in [0.4, 0.5) is 4.39 Å². The van der Waals surface area contributed by atoms with E-state index in [0.717, 1.165) is 19.4 Å². The van der Waals surface area contributed by atoms with Gasteiger partial charge in [-0.15, -0.1) is 0 Å². The molecule has 2 heterocycles. The van der Waals surface area contributed by atoms with Crippen molar-refractivity contribution in [1.29, 1.82) is 0 Å². The van der Waals surface area contributed by atoms with Crippen molar-refractivity contribution in [1.82, 2.24) is 15.0 Å². The van der Waals surface area contributed by atoms with Crippen molar-refractivity contribution in [2.24, 2.45) is 5.92 Å². The van der Waals surface area contributed by atoms with Gasteiger partial charge < -0.3 is 9.42 Å². The summed E-state index contributed by atoms with van der Waals surface area (Å²) in [7, 11) is 0. The molecule has 0 bridgehead atoms. The van der Waals surface area contributed by atoms with Crippen molar-refractivity contribution in [2.75, 3.05) is 13.1 Å². The minimum absolute atomic E-state index is 0.0993. The van der Waals surface area contributed by atoms with Gasteiger partial charge >= 0.3 is 0 Å². The molecule has 0 spiro atoms. The van der Waals surface area contributed by atoms with Crippen molar-refractivity contribution in [3.8, 4) is 11.4 Å². The standard InChI is InChI=1S/C16H18FN3O2/c1-11(21)20-8-4-5-12(10-20)9-15-18-16(19-22-15)13-6-2-3-7-14(13)17/h2-3,6-7,12H,4-5,8-10H2,1H3. The van der Waals surface area contributed by atoms with Gasteiger partial charge in [0.1, 0.15) is 5.82 Å². The van der Waals surface area contributed by atoms with Crippen LogP contribution in [0.5, 0.6) is 0 Å². The van der Waals surface area contributed by atoms with Crippen molar-refractivity contribution in [3.05, 3.63) is 36.0 Å². The smallest absolute Gasteiger partial charge is 0.227 e. The summed E-state index contributed by atoms with van der Waals surface area (Å²) in [5.41, 5.74) is 0.339. The van der Waals surface area contributed by atoms with E-state index in [0.29, 0.717) is 30.3 Å². The molecular weight excluding hydrogens is 285 g/mol. The van der Waals surface area contributed by atoms with Crippen LogP contribution in [0.15, 0.2) is 28.8 Å². The molecule has 0 N–H and O–H groups in total. The van der Waals surface area contributed by atoms with Gasteiger partial charge in [-0.2, -0.15) is 4.98 Å². The van der Waals surface area contributed by atoms with E-state index < -0.39 is 0 Å². The second-order valence-electron chi connectivity index (χ2n) is 5.67. The molecule has 1 unspecified atom stereocenters. The summed E-state index contributed by atoms with van der Waals surface area (Å²) in [4.78, 5) is 17.6. The van der Waals surface area contributed by atoms with E-state index in [9.17, 15) is 9.18 Å². The Hall–Kier alpha value is -2.24. The van der Waals surface area contributed by atoms with E-state index in [-0.39, 0.29) is 17.5 Å². The number of piperidine rings is 1. The van der Waals surface area contributed by atoms with E-state index in [1.807, 2.05) is 4.90 Å². The van der Waals surface area contributed by atoms with Gasteiger partial charge in [0.25, 0.3) is 0 Å². The molecule has 22 heavy (non-hydrogen) atoms. The van der Waals surface area contributed by atoms with Crippen LogP contribution in [0, 0.1) is 11.7 Å². The molecule has 3 rings (SSSR count). The van der Waals surface area contributed by atoms with Gasteiger partial charge in [0.05, 0.1) is 5.56 Å². The maximum absolute atomic E-state index is 13.7. The highest BCUT2D eigenvalue weighted by atomic mass is 19.1. The number of carbonyl (C=O) groups is 1. The molecule has 0 aliphatic carbocycles. The third-order valence-corrected chi connectivity index (χ3v) is 4.01. The van der Waals surface area contributed by atoms with Crippen molar-refractivity contribution >= 4 is 5.91 Å². The number of halogens is 1. The molecule has 1 aliphatic rings. The van der Waals surface area contributed by atoms with Gasteiger partial charge in [-0.25, -0.2) is 4.39 Å². The zero-order valence-electron chi connectivity index (χ0n) is 12.5. The van der Waals surface area contributed by atoms with Crippen LogP contribution in [-0.2, 0) is 11.2 Å². The minimum atomic E-state index is -0.365. The lowest BCUT2D eigenvalue weighted by molar-refractivity contribution is -0.130. The molecule has 2 aromatic rings. The normalized spacial score (nSPS) is 18.5. The van der Waals surface area contributed by atoms with Gasteiger partial charge in [-0.3, -0.25) is 4.79 Å². The molecule has 1 saturated heterocycles. The molecule has 1 aromatic heterocycles. The number of hydrogen-bond acceptors (Lipinski definition) is 4. The van der Waals surface area contributed by atoms with Crippen LogP contribution in [0.3, 0.4) is 0 Å². The van der Waals surface area contributed by atoms with Gasteiger partial charge in [0.15, 0.2) is 0 Å². The molecule has 1 aromatic carbocycles. The fourth-order valence-corrected chi connectivity index (χ4v) is 2.85. The maximum Gasteiger partial charge on any atom is 0.227 e. The lowest BCUT2D eigenvalue weighted by atomic mass is 9.95. The monoisotopic (exact) mass is 303 g/mol. The third-order valence-electron chi connectivity index (χ3n) is 4.01. The summed E-state index contributed by atoms with van der Waals surface area (Å²) < 4.78 is 19.0. The second-order valence-corrected chi connectivity index (χ2v) is 5.67. The summed E-state index contributed by atoms with van der Waals surface area (Å²) >= 11 is 0. The number of carbonyl (C=O) groups excluding carboxylic acids is 1. The molecule has 1 atom stereocenters. The van der Waals surface area contributed by atoms with E-state index in [4.69, 9.17) is 4.52 Å². The topological polar surface area (TPSA) is 59.2 Å². The van der Waals surface area contributed by atoms with Crippen LogP contribution < -0.4 is 0 Å². The van der Waals surface area contributed by atoms with E-state index in [1.54, 1.807) is 25.1 Å². The van der Waals surface area contributed by atoms with Gasteiger partial charge in [-0.05, 0) is 30.9 Å². The number of aromatic nitrogens is 2. The Kier molecular flexibility index (Phi) is 4.18. The van der Waals surface area contributed by atoms with Crippen molar-refractivity contribution in [2.45, 2.75) is 26.2 Å². The second kappa shape index (κ2) is 6.25. The number of amides is 1. The first-order valence-electron chi connectivity index (χ1n) is 7.46. The largest absolute Gasteiger partial charge is 0.343 e. The predicted molar refractivity (Wildman–Crippen MR) is 78.4 cm³/mol. The quantitative estimate of drug-likeness (QED) is 0.874. The molecule has 6 heteroatoms. The average Bonchev–Trinajstić information content (AvgIpc) is 2.96. The third kappa shape index (κ3) is 3.16. The molecule has 116 valence electrons. The number of rotatable bonds is 3. The van der Waals surface area contributed by atoms with Crippen LogP contribution in [0.25, 0.3) is 11.4 Å². The highest BCUT2D eigenvalue weighted by Crippen LogP contribution is 2.23. The molecular formula is C16H18FN3O2. The minimum Gasteiger partial charge on any atom is -0.343 e. The zero-order chi connectivity index (χ0) is 15.5. The number of nitrogens with zero attached hydrogens (tertiary/aromatic N) is 3. The van der Waals surface area contributed by atoms with Gasteiger partial charge in [-0.1, -0.05) is 17.3 Å². The molecule has 5 nitrogen and oxygen atoms in total. The Morgan fingerprint density at radius 1 is 1.45 bits per heavy atom. The summed E-state index contributed by atoms with van der Waals surface area (Å²) in [6, 6.07) is 6.36. The molecule has 0 saturated carbocycles. The zero-order valence-corrected chi connectivity index (χ0v) is 12.5. The highest BCUT2D eigenvalue weighted by Gasteiger charge is 2.24. The first kappa shape index (κ1) is 14.7. The first-order chi connectivity index (χ1) is 10.6. The predicted octanol–water partition coefficient (Wildman–Crippen LogP) is 2.68. The van der Waals surface area contributed by atoms with Crippen LogP contribution in [-0.4, -0.2) is 34.0 Å². The summed E-state index contributed by atoms with van der Waals surface area (Å²) in [5, 5.41) is 3.86. The van der Waals surface area contributed by atoms with Crippen molar-refractivity contribution in [3.63, 3.8) is 0 Å². The highest BCUT2D eigenvalue weighted by molar-refractivity contribution is 5.73. The number of hydrogen-bond donors (Lipinski definition) is 0. The molecule has 0 radical (unpaired) electrons. The fourth-order valence-electron chi connectivity index (χ4n) is 2.85.